The molecule has 0 amide bonds. The van der Waals surface area contributed by atoms with Gasteiger partial charge in [-0.1, -0.05) is 91.0 Å². The van der Waals surface area contributed by atoms with Gasteiger partial charge in [-0.05, 0) is 16.7 Å². The normalized spacial score (nSPS) is 10.9. The highest BCUT2D eigenvalue weighted by Crippen LogP contribution is 2.31. The molecule has 0 aliphatic carbocycles. The lowest BCUT2D eigenvalue weighted by Crippen LogP contribution is -2.36. The van der Waals surface area contributed by atoms with E-state index in [-0.39, 0.29) is 0 Å². The Morgan fingerprint density at radius 2 is 0.718 bits per heavy atom. The van der Waals surface area contributed by atoms with Crippen molar-refractivity contribution in [3.63, 3.8) is 0 Å². The summed E-state index contributed by atoms with van der Waals surface area (Å²) in [4.78, 5) is 0. The van der Waals surface area contributed by atoms with Gasteiger partial charge in [-0.3, -0.25) is 0 Å². The van der Waals surface area contributed by atoms with E-state index in [0.717, 1.165) is 0 Å². The van der Waals surface area contributed by atoms with Crippen LogP contribution in [0.25, 0.3) is 10.8 Å². The molecule has 0 aromatic heterocycles. The van der Waals surface area contributed by atoms with Crippen molar-refractivity contribution in [1.29, 1.82) is 0 Å². The van der Waals surface area contributed by atoms with Gasteiger partial charge in [0, 0.05) is 10.8 Å². The molecule has 0 saturated heterocycles. The maximum Gasteiger partial charge on any atom is 0.492 e. The first kappa shape index (κ1) is 27.9. The van der Waals surface area contributed by atoms with Crippen molar-refractivity contribution in [3.8, 4) is 0 Å². The van der Waals surface area contributed by atoms with Gasteiger partial charge in [-0.25, -0.2) is 30.7 Å². The van der Waals surface area contributed by atoms with Crippen LogP contribution in [0.5, 0.6) is 0 Å². The topological polar surface area (TPSA) is 40.5 Å². The molecule has 0 aliphatic rings. The third-order valence-corrected chi connectivity index (χ3v) is 5.82. The maximum absolute atomic E-state index is 13.5. The highest BCUT2D eigenvalue weighted by Gasteiger charge is 2.34. The molecule has 5 aromatic rings. The quantitative estimate of drug-likeness (QED) is 0.0936. The smallest absolute Gasteiger partial charge is 0.423 e. The van der Waals surface area contributed by atoms with E-state index in [2.05, 4.69) is 91.0 Å². The fourth-order valence-corrected chi connectivity index (χ4v) is 4.08. The van der Waals surface area contributed by atoms with Crippen molar-refractivity contribution in [2.75, 3.05) is 0 Å². The zero-order chi connectivity index (χ0) is 28.3. The van der Waals surface area contributed by atoms with Crippen LogP contribution in [0.3, 0.4) is 0 Å². The minimum absolute atomic E-state index is 1.25. The van der Waals surface area contributed by atoms with Crippen LogP contribution in [0.2, 0.25) is 0 Å². The van der Waals surface area contributed by atoms with Gasteiger partial charge in [0.25, 0.3) is 0 Å². The molecule has 2 N–H and O–H groups in total. The van der Waals surface area contributed by atoms with Crippen LogP contribution in [-0.4, -0.2) is 17.2 Å². The zero-order valence-corrected chi connectivity index (χ0v) is 19.8. The van der Waals surface area contributed by atoms with Crippen molar-refractivity contribution in [1.82, 2.24) is 0 Å². The van der Waals surface area contributed by atoms with Crippen LogP contribution in [0, 0.1) is 46.6 Å². The predicted octanol–water partition coefficient (Wildman–Crippen LogP) is 6.20. The van der Waals surface area contributed by atoms with Gasteiger partial charge >= 0.3 is 7.12 Å². The van der Waals surface area contributed by atoms with Crippen molar-refractivity contribution in [2.24, 2.45) is 0 Å². The number of halogens is 7. The molecule has 0 saturated carbocycles. The Balaban J connectivity index is 0.000000181. The van der Waals surface area contributed by atoms with Crippen LogP contribution in [0.4, 0.5) is 30.7 Å². The van der Waals surface area contributed by atoms with E-state index in [4.69, 9.17) is 10.0 Å². The van der Waals surface area contributed by atoms with Gasteiger partial charge in [-0.15, -0.1) is 0 Å². The van der Waals surface area contributed by atoms with Gasteiger partial charge in [0.2, 0.25) is 0 Å². The molecule has 0 bridgehead atoms. The van der Waals surface area contributed by atoms with Crippen molar-refractivity contribution in [3.05, 3.63) is 154 Å². The molecule has 0 unspecified atom stereocenters. The molecule has 39 heavy (non-hydrogen) atoms. The molecular formula is C29H17BF7O2. The van der Waals surface area contributed by atoms with Crippen molar-refractivity contribution in [2.45, 2.75) is 0 Å². The molecule has 1 radical (unpaired) electrons. The van der Waals surface area contributed by atoms with Crippen molar-refractivity contribution >= 4 is 23.4 Å². The Labute approximate surface area is 218 Å². The lowest BCUT2D eigenvalue weighted by molar-refractivity contribution is 0.405. The Morgan fingerprint density at radius 3 is 1.05 bits per heavy atom. The average molecular weight is 541 g/mol. The molecule has 0 spiro atoms. The Kier molecular flexibility index (Phi) is 8.37. The Hall–Kier alpha value is -4.15. The summed E-state index contributed by atoms with van der Waals surface area (Å²) < 4.78 is 92.8. The third kappa shape index (κ3) is 5.39. The minimum atomic E-state index is -2.91. The van der Waals surface area contributed by atoms with E-state index in [0.29, 0.717) is 0 Å². The summed E-state index contributed by atoms with van der Waals surface area (Å²) in [6, 6.07) is 31.6. The first-order chi connectivity index (χ1) is 18.6. The second-order valence-corrected chi connectivity index (χ2v) is 8.21. The molecule has 5 rings (SSSR count). The third-order valence-electron chi connectivity index (χ3n) is 5.82. The second-order valence-electron chi connectivity index (χ2n) is 8.21. The van der Waals surface area contributed by atoms with Crippen LogP contribution < -0.4 is 5.46 Å². The summed E-state index contributed by atoms with van der Waals surface area (Å²) in [7, 11) is -2.91. The first-order valence-electron chi connectivity index (χ1n) is 11.4. The highest BCUT2D eigenvalue weighted by molar-refractivity contribution is 6.62. The maximum atomic E-state index is 13.5. The first-order valence-corrected chi connectivity index (χ1v) is 11.4. The van der Waals surface area contributed by atoms with Crippen LogP contribution in [0.1, 0.15) is 16.7 Å². The minimum Gasteiger partial charge on any atom is -0.423 e. The Morgan fingerprint density at radius 1 is 0.410 bits per heavy atom. The van der Waals surface area contributed by atoms with E-state index in [1.54, 1.807) is 0 Å². The zero-order valence-electron chi connectivity index (χ0n) is 19.8. The van der Waals surface area contributed by atoms with Crippen LogP contribution in [-0.2, 0) is 0 Å². The largest absolute Gasteiger partial charge is 0.492 e. The molecule has 10 heteroatoms. The van der Waals surface area contributed by atoms with Crippen molar-refractivity contribution < 1.29 is 40.8 Å². The summed E-state index contributed by atoms with van der Waals surface area (Å²) in [6.45, 7) is 0. The monoisotopic (exact) mass is 541 g/mol. The average Bonchev–Trinajstić information content (AvgIpc) is 2.95. The molecule has 0 aliphatic heterocycles. The van der Waals surface area contributed by atoms with E-state index in [9.17, 15) is 30.7 Å². The molecule has 0 fully saturated rings. The lowest BCUT2D eigenvalue weighted by atomic mass is 9.76. The van der Waals surface area contributed by atoms with Crippen LogP contribution in [0.15, 0.2) is 91.0 Å². The number of hydrogen-bond acceptors (Lipinski definition) is 2. The standard InChI is InChI=1S/C19H15.C10H2BF7O2/c1-4-10-16(11-5-1)19(17-12-6-2-7-13-17)18-14-8-3-9-15-18;12-4-1-2(6(14)10(18)9(4)17)5(13)8(16)7(15)3(1)11(19)20/h1-15H;19-20H. The van der Waals surface area contributed by atoms with Crippen LogP contribution >= 0.6 is 0 Å². The summed E-state index contributed by atoms with van der Waals surface area (Å²) in [6.07, 6.45) is 0. The molecular weight excluding hydrogens is 524 g/mol. The SMILES string of the molecule is OB(O)c1c(F)c(F)c(F)c2c(F)c(F)c(F)c(F)c12.c1ccc([C](c2ccccc2)c2ccccc2)cc1. The molecule has 0 heterocycles. The summed E-state index contributed by atoms with van der Waals surface area (Å²) >= 11 is 0. The van der Waals surface area contributed by atoms with Gasteiger partial charge in [-0.2, -0.15) is 0 Å². The summed E-state index contributed by atoms with van der Waals surface area (Å²) in [5, 5.41) is 14.2. The fraction of sp³-hybridized carbons (Fsp3) is 0. The Bertz CT molecular complexity index is 1500. The lowest BCUT2D eigenvalue weighted by Gasteiger charge is -2.17. The van der Waals surface area contributed by atoms with E-state index < -0.39 is 64.1 Å². The predicted molar refractivity (Wildman–Crippen MR) is 133 cm³/mol. The number of rotatable bonds is 4. The number of hydrogen-bond donors (Lipinski definition) is 2. The van der Waals surface area contributed by atoms with Gasteiger partial charge in [0.1, 0.15) is 0 Å². The number of fused-ring (bicyclic) bond motifs is 1. The molecule has 5 aromatic carbocycles. The van der Waals surface area contributed by atoms with E-state index in [1.807, 2.05) is 0 Å². The number of benzene rings is 5. The highest BCUT2D eigenvalue weighted by atomic mass is 19.2. The summed E-state index contributed by atoms with van der Waals surface area (Å²) in [5.74, 6) is -15.2. The van der Waals surface area contributed by atoms with E-state index in [1.165, 1.54) is 22.6 Å². The van der Waals surface area contributed by atoms with Gasteiger partial charge in [0.05, 0.1) is 11.3 Å². The van der Waals surface area contributed by atoms with Gasteiger partial charge < -0.3 is 10.0 Å². The second kappa shape index (κ2) is 11.7. The molecule has 197 valence electrons. The fourth-order valence-electron chi connectivity index (χ4n) is 4.08. The molecule has 0 atom stereocenters. The summed E-state index contributed by atoms with van der Waals surface area (Å²) in [5.41, 5.74) is 2.11. The van der Waals surface area contributed by atoms with Gasteiger partial charge in [0.15, 0.2) is 40.7 Å². The van der Waals surface area contributed by atoms with E-state index >= 15 is 0 Å². The molecule has 2 nitrogen and oxygen atoms in total.